The highest BCUT2D eigenvalue weighted by Crippen LogP contribution is 2.31. The van der Waals surface area contributed by atoms with Gasteiger partial charge in [-0.15, -0.1) is 0 Å². The summed E-state index contributed by atoms with van der Waals surface area (Å²) in [4.78, 5) is 0. The monoisotopic (exact) mass is 287 g/mol. The molecule has 1 aliphatic rings. The lowest BCUT2D eigenvalue weighted by molar-refractivity contribution is 0.289. The van der Waals surface area contributed by atoms with Crippen LogP contribution in [0.25, 0.3) is 0 Å². The largest absolute Gasteiger partial charge is 0.491 e. The van der Waals surface area contributed by atoms with Gasteiger partial charge in [-0.25, -0.2) is 0 Å². The summed E-state index contributed by atoms with van der Waals surface area (Å²) in [6.07, 6.45) is 6.65. The third kappa shape index (κ3) is 4.04. The molecule has 0 saturated heterocycles. The van der Waals surface area contributed by atoms with Crippen molar-refractivity contribution < 1.29 is 4.74 Å². The number of ether oxygens (including phenoxy) is 1. The minimum atomic E-state index is 0.497. The summed E-state index contributed by atoms with van der Waals surface area (Å²) in [7, 11) is 0. The molecule has 0 unspecified atom stereocenters. The van der Waals surface area contributed by atoms with Crippen molar-refractivity contribution in [2.45, 2.75) is 38.1 Å². The molecule has 0 heterocycles. The first-order valence-corrected chi connectivity index (χ1v) is 7.33. The summed E-state index contributed by atoms with van der Waals surface area (Å²) in [5.74, 6) is 0.662. The van der Waals surface area contributed by atoms with E-state index in [-0.39, 0.29) is 0 Å². The highest BCUT2D eigenvalue weighted by atomic mass is 35.5. The van der Waals surface area contributed by atoms with Crippen molar-refractivity contribution in [2.75, 3.05) is 13.2 Å². The Morgan fingerprint density at radius 2 is 1.94 bits per heavy atom. The van der Waals surface area contributed by atoms with E-state index in [0.717, 1.165) is 6.54 Å². The van der Waals surface area contributed by atoms with Crippen molar-refractivity contribution in [1.29, 1.82) is 0 Å². The SMILES string of the molecule is Clc1cccc(OCCNC2CCCCC2)c1Cl. The van der Waals surface area contributed by atoms with Crippen LogP contribution < -0.4 is 10.1 Å². The molecule has 1 N–H and O–H groups in total. The molecule has 100 valence electrons. The first kappa shape index (κ1) is 14.0. The van der Waals surface area contributed by atoms with Crippen molar-refractivity contribution in [1.82, 2.24) is 5.32 Å². The molecular formula is C14H19Cl2NO. The summed E-state index contributed by atoms with van der Waals surface area (Å²) in [6, 6.07) is 6.11. The molecule has 1 fully saturated rings. The Hall–Kier alpha value is -0.440. The lowest BCUT2D eigenvalue weighted by Gasteiger charge is -2.22. The summed E-state index contributed by atoms with van der Waals surface area (Å²) < 4.78 is 5.63. The molecule has 1 saturated carbocycles. The fourth-order valence-electron chi connectivity index (χ4n) is 2.33. The quantitative estimate of drug-likeness (QED) is 0.816. The van der Waals surface area contributed by atoms with Gasteiger partial charge in [0.15, 0.2) is 0 Å². The van der Waals surface area contributed by atoms with Crippen LogP contribution in [0.2, 0.25) is 10.0 Å². The zero-order valence-corrected chi connectivity index (χ0v) is 11.9. The molecular weight excluding hydrogens is 269 g/mol. The van der Waals surface area contributed by atoms with Crippen LogP contribution in [0.4, 0.5) is 0 Å². The molecule has 0 aliphatic heterocycles. The van der Waals surface area contributed by atoms with Gasteiger partial charge in [-0.05, 0) is 25.0 Å². The lowest BCUT2D eigenvalue weighted by Crippen LogP contribution is -2.34. The minimum Gasteiger partial charge on any atom is -0.491 e. The summed E-state index contributed by atoms with van der Waals surface area (Å²) >= 11 is 12.0. The second-order valence-corrected chi connectivity index (χ2v) is 5.47. The van der Waals surface area contributed by atoms with Gasteiger partial charge in [0, 0.05) is 12.6 Å². The van der Waals surface area contributed by atoms with Crippen LogP contribution >= 0.6 is 23.2 Å². The number of hydrogen-bond donors (Lipinski definition) is 1. The average molecular weight is 288 g/mol. The molecule has 0 atom stereocenters. The topological polar surface area (TPSA) is 21.3 Å². The minimum absolute atomic E-state index is 0.497. The molecule has 4 heteroatoms. The number of benzene rings is 1. The van der Waals surface area contributed by atoms with Crippen molar-refractivity contribution in [3.63, 3.8) is 0 Å². The Morgan fingerprint density at radius 1 is 1.17 bits per heavy atom. The van der Waals surface area contributed by atoms with E-state index >= 15 is 0 Å². The Balaban J connectivity index is 1.70. The highest BCUT2D eigenvalue weighted by Gasteiger charge is 2.12. The summed E-state index contributed by atoms with van der Waals surface area (Å²) in [5, 5.41) is 4.56. The summed E-state index contributed by atoms with van der Waals surface area (Å²) in [5.41, 5.74) is 0. The van der Waals surface area contributed by atoms with Gasteiger partial charge in [0.2, 0.25) is 0 Å². The maximum Gasteiger partial charge on any atom is 0.139 e. The van der Waals surface area contributed by atoms with Crippen molar-refractivity contribution in [3.05, 3.63) is 28.2 Å². The van der Waals surface area contributed by atoms with Gasteiger partial charge in [0.05, 0.1) is 5.02 Å². The molecule has 1 aromatic rings. The molecule has 1 aromatic carbocycles. The Labute approximate surface area is 119 Å². The van der Waals surface area contributed by atoms with E-state index in [9.17, 15) is 0 Å². The van der Waals surface area contributed by atoms with Crippen molar-refractivity contribution in [3.8, 4) is 5.75 Å². The zero-order chi connectivity index (χ0) is 12.8. The first-order valence-electron chi connectivity index (χ1n) is 6.57. The van der Waals surface area contributed by atoms with Crippen LogP contribution in [0.1, 0.15) is 32.1 Å². The van der Waals surface area contributed by atoms with Crippen LogP contribution in [0.3, 0.4) is 0 Å². The number of halogens is 2. The van der Waals surface area contributed by atoms with E-state index in [1.807, 2.05) is 12.1 Å². The van der Waals surface area contributed by atoms with Crippen LogP contribution in [0.5, 0.6) is 5.75 Å². The predicted octanol–water partition coefficient (Wildman–Crippen LogP) is 4.29. The van der Waals surface area contributed by atoms with Gasteiger partial charge in [-0.3, -0.25) is 0 Å². The smallest absolute Gasteiger partial charge is 0.139 e. The molecule has 1 aliphatic carbocycles. The predicted molar refractivity (Wildman–Crippen MR) is 76.8 cm³/mol. The Bertz CT molecular complexity index is 378. The fourth-order valence-corrected chi connectivity index (χ4v) is 2.67. The van der Waals surface area contributed by atoms with E-state index in [0.29, 0.717) is 28.4 Å². The van der Waals surface area contributed by atoms with E-state index in [2.05, 4.69) is 5.32 Å². The zero-order valence-electron chi connectivity index (χ0n) is 10.4. The van der Waals surface area contributed by atoms with E-state index in [1.165, 1.54) is 32.1 Å². The van der Waals surface area contributed by atoms with Crippen LogP contribution in [-0.2, 0) is 0 Å². The Kier molecular flexibility index (Phi) is 5.61. The van der Waals surface area contributed by atoms with Crippen LogP contribution in [-0.4, -0.2) is 19.2 Å². The first-order chi connectivity index (χ1) is 8.77. The van der Waals surface area contributed by atoms with E-state index in [1.54, 1.807) is 6.07 Å². The summed E-state index contributed by atoms with van der Waals surface area (Å²) in [6.45, 7) is 1.48. The number of rotatable bonds is 5. The molecule has 0 aromatic heterocycles. The maximum atomic E-state index is 6.04. The van der Waals surface area contributed by atoms with Crippen LogP contribution in [0.15, 0.2) is 18.2 Å². The molecule has 0 spiro atoms. The molecule has 0 radical (unpaired) electrons. The van der Waals surface area contributed by atoms with Gasteiger partial charge in [-0.1, -0.05) is 48.5 Å². The molecule has 2 nitrogen and oxygen atoms in total. The van der Waals surface area contributed by atoms with Gasteiger partial charge >= 0.3 is 0 Å². The van der Waals surface area contributed by atoms with Gasteiger partial charge in [0.1, 0.15) is 17.4 Å². The van der Waals surface area contributed by atoms with E-state index in [4.69, 9.17) is 27.9 Å². The maximum absolute atomic E-state index is 6.04. The van der Waals surface area contributed by atoms with Gasteiger partial charge in [-0.2, -0.15) is 0 Å². The third-order valence-corrected chi connectivity index (χ3v) is 4.12. The van der Waals surface area contributed by atoms with E-state index < -0.39 is 0 Å². The molecule has 18 heavy (non-hydrogen) atoms. The average Bonchev–Trinajstić information content (AvgIpc) is 2.40. The third-order valence-electron chi connectivity index (χ3n) is 3.31. The van der Waals surface area contributed by atoms with Crippen LogP contribution in [0, 0.1) is 0 Å². The van der Waals surface area contributed by atoms with Crippen molar-refractivity contribution in [2.24, 2.45) is 0 Å². The second kappa shape index (κ2) is 7.22. The standard InChI is InChI=1S/C14H19Cl2NO/c15-12-7-4-8-13(14(12)16)18-10-9-17-11-5-2-1-3-6-11/h4,7-8,11,17H,1-3,5-6,9-10H2. The van der Waals surface area contributed by atoms with Crippen molar-refractivity contribution >= 4 is 23.2 Å². The fraction of sp³-hybridized carbons (Fsp3) is 0.571. The second-order valence-electron chi connectivity index (χ2n) is 4.69. The van der Waals surface area contributed by atoms with Gasteiger partial charge in [0.25, 0.3) is 0 Å². The number of hydrogen-bond acceptors (Lipinski definition) is 2. The molecule has 0 bridgehead atoms. The number of nitrogens with one attached hydrogen (secondary N) is 1. The highest BCUT2D eigenvalue weighted by molar-refractivity contribution is 6.42. The molecule has 2 rings (SSSR count). The molecule has 0 amide bonds. The lowest BCUT2D eigenvalue weighted by atomic mass is 9.96. The normalized spacial score (nSPS) is 16.8. The van der Waals surface area contributed by atoms with Gasteiger partial charge < -0.3 is 10.1 Å². The Morgan fingerprint density at radius 3 is 2.72 bits per heavy atom.